The zero-order chi connectivity index (χ0) is 13.1. The maximum atomic E-state index is 14.3. The summed E-state index contributed by atoms with van der Waals surface area (Å²) in [5.41, 5.74) is 0.762. The Morgan fingerprint density at radius 3 is 2.44 bits per heavy atom. The first-order valence-electron chi connectivity index (χ1n) is 5.27. The van der Waals surface area contributed by atoms with Crippen molar-refractivity contribution in [2.24, 2.45) is 0 Å². The van der Waals surface area contributed by atoms with Gasteiger partial charge in [-0.15, -0.1) is 0 Å². The van der Waals surface area contributed by atoms with Crippen LogP contribution in [0.5, 0.6) is 0 Å². The Labute approximate surface area is 109 Å². The van der Waals surface area contributed by atoms with Crippen molar-refractivity contribution >= 4 is 17.6 Å². The molecular weight excluding hydrogens is 255 g/mol. The number of rotatable bonds is 2. The van der Waals surface area contributed by atoms with Gasteiger partial charge in [-0.1, -0.05) is 41.9 Å². The molecule has 0 saturated heterocycles. The molecule has 92 valence electrons. The van der Waals surface area contributed by atoms with Crippen LogP contribution < -0.4 is 0 Å². The van der Waals surface area contributed by atoms with Crippen LogP contribution >= 0.6 is 11.6 Å². The number of ether oxygens (including phenoxy) is 1. The first-order valence-corrected chi connectivity index (χ1v) is 5.64. The van der Waals surface area contributed by atoms with Gasteiger partial charge in [0.2, 0.25) is 0 Å². The zero-order valence-electron chi connectivity index (χ0n) is 9.61. The van der Waals surface area contributed by atoms with E-state index in [0.29, 0.717) is 11.1 Å². The molecule has 0 amide bonds. The smallest absolute Gasteiger partial charge is 0.342 e. The van der Waals surface area contributed by atoms with E-state index in [9.17, 15) is 9.18 Å². The van der Waals surface area contributed by atoms with Gasteiger partial charge >= 0.3 is 5.97 Å². The van der Waals surface area contributed by atoms with Gasteiger partial charge in [0.05, 0.1) is 12.1 Å². The van der Waals surface area contributed by atoms with Crippen molar-refractivity contribution in [1.29, 1.82) is 0 Å². The minimum atomic E-state index is -0.782. The van der Waals surface area contributed by atoms with E-state index in [0.717, 1.165) is 0 Å². The number of hydrogen-bond acceptors (Lipinski definition) is 2. The average molecular weight is 265 g/mol. The molecule has 0 spiro atoms. The second kappa shape index (κ2) is 5.19. The summed E-state index contributed by atoms with van der Waals surface area (Å²) in [5.74, 6) is -1.45. The molecule has 2 nitrogen and oxygen atoms in total. The Balaban J connectivity index is 2.62. The van der Waals surface area contributed by atoms with Gasteiger partial charge in [0, 0.05) is 5.56 Å². The number of benzene rings is 2. The highest BCUT2D eigenvalue weighted by Crippen LogP contribution is 2.29. The predicted molar refractivity (Wildman–Crippen MR) is 68.2 cm³/mol. The van der Waals surface area contributed by atoms with E-state index >= 15 is 0 Å². The molecule has 0 atom stereocenters. The molecule has 0 saturated carbocycles. The fourth-order valence-electron chi connectivity index (χ4n) is 1.68. The van der Waals surface area contributed by atoms with E-state index in [1.807, 2.05) is 6.07 Å². The summed E-state index contributed by atoms with van der Waals surface area (Å²) in [6.45, 7) is 0. The second-order valence-electron chi connectivity index (χ2n) is 3.64. The Morgan fingerprint density at radius 2 is 1.83 bits per heavy atom. The molecule has 2 rings (SSSR count). The SMILES string of the molecule is COC(=O)c1c(Cl)ccc(-c2ccccc2)c1F. The van der Waals surface area contributed by atoms with Crippen molar-refractivity contribution in [3.8, 4) is 11.1 Å². The van der Waals surface area contributed by atoms with Crippen LogP contribution in [0.25, 0.3) is 11.1 Å². The van der Waals surface area contributed by atoms with Gasteiger partial charge in [0.1, 0.15) is 11.4 Å². The second-order valence-corrected chi connectivity index (χ2v) is 4.05. The van der Waals surface area contributed by atoms with Crippen LogP contribution in [0.1, 0.15) is 10.4 Å². The van der Waals surface area contributed by atoms with Crippen molar-refractivity contribution in [1.82, 2.24) is 0 Å². The van der Waals surface area contributed by atoms with Gasteiger partial charge in [-0.2, -0.15) is 0 Å². The van der Waals surface area contributed by atoms with Gasteiger partial charge in [0.15, 0.2) is 0 Å². The van der Waals surface area contributed by atoms with Crippen LogP contribution in [-0.4, -0.2) is 13.1 Å². The maximum absolute atomic E-state index is 14.3. The fraction of sp³-hybridized carbons (Fsp3) is 0.0714. The molecule has 0 radical (unpaired) electrons. The standard InChI is InChI=1S/C14H10ClFO2/c1-18-14(17)12-11(15)8-7-10(13(12)16)9-5-3-2-4-6-9/h2-8H,1H3. The lowest BCUT2D eigenvalue weighted by atomic mass is 10.0. The van der Waals surface area contributed by atoms with Crippen molar-refractivity contribution < 1.29 is 13.9 Å². The maximum Gasteiger partial charge on any atom is 0.342 e. The Kier molecular flexibility index (Phi) is 3.63. The van der Waals surface area contributed by atoms with E-state index in [2.05, 4.69) is 4.74 Å². The molecule has 0 bridgehead atoms. The molecule has 2 aromatic carbocycles. The molecule has 18 heavy (non-hydrogen) atoms. The third-order valence-corrected chi connectivity index (χ3v) is 2.88. The van der Waals surface area contributed by atoms with Crippen LogP contribution in [0.3, 0.4) is 0 Å². The lowest BCUT2D eigenvalue weighted by Crippen LogP contribution is -2.06. The van der Waals surface area contributed by atoms with Crippen molar-refractivity contribution in [3.05, 3.63) is 58.9 Å². The number of esters is 1. The average Bonchev–Trinajstić information content (AvgIpc) is 2.39. The highest BCUT2D eigenvalue weighted by Gasteiger charge is 2.20. The molecular formula is C14H10ClFO2. The topological polar surface area (TPSA) is 26.3 Å². The van der Waals surface area contributed by atoms with Crippen molar-refractivity contribution in [2.75, 3.05) is 7.11 Å². The Hall–Kier alpha value is -1.87. The third-order valence-electron chi connectivity index (χ3n) is 2.57. The summed E-state index contributed by atoms with van der Waals surface area (Å²) in [4.78, 5) is 11.5. The summed E-state index contributed by atoms with van der Waals surface area (Å²) in [6.07, 6.45) is 0. The minimum absolute atomic E-state index is 0.0408. The summed E-state index contributed by atoms with van der Waals surface area (Å²) in [7, 11) is 1.19. The van der Waals surface area contributed by atoms with E-state index in [1.54, 1.807) is 30.3 Å². The summed E-state index contributed by atoms with van der Waals surface area (Å²) >= 11 is 5.82. The number of hydrogen-bond donors (Lipinski definition) is 0. The van der Waals surface area contributed by atoms with Crippen LogP contribution in [0.2, 0.25) is 5.02 Å². The third kappa shape index (κ3) is 2.22. The van der Waals surface area contributed by atoms with Gasteiger partial charge < -0.3 is 4.74 Å². The highest BCUT2D eigenvalue weighted by atomic mass is 35.5. The number of carbonyl (C=O) groups excluding carboxylic acids is 1. The summed E-state index contributed by atoms with van der Waals surface area (Å²) in [6, 6.07) is 12.0. The molecule has 0 fully saturated rings. The number of methoxy groups -OCH3 is 1. The monoisotopic (exact) mass is 264 g/mol. The molecule has 0 heterocycles. The quantitative estimate of drug-likeness (QED) is 0.768. The molecule has 0 aliphatic carbocycles. The highest BCUT2D eigenvalue weighted by molar-refractivity contribution is 6.33. The number of halogens is 2. The molecule has 0 unspecified atom stereocenters. The van der Waals surface area contributed by atoms with Crippen molar-refractivity contribution in [2.45, 2.75) is 0 Å². The van der Waals surface area contributed by atoms with E-state index in [1.165, 1.54) is 13.2 Å². The summed E-state index contributed by atoms with van der Waals surface area (Å²) in [5, 5.41) is 0.0408. The molecule has 0 aliphatic rings. The van der Waals surface area contributed by atoms with Crippen LogP contribution in [0.15, 0.2) is 42.5 Å². The van der Waals surface area contributed by atoms with E-state index in [4.69, 9.17) is 11.6 Å². The van der Waals surface area contributed by atoms with Gasteiger partial charge in [-0.25, -0.2) is 9.18 Å². The minimum Gasteiger partial charge on any atom is -0.465 e. The Morgan fingerprint density at radius 1 is 1.17 bits per heavy atom. The summed E-state index contributed by atoms with van der Waals surface area (Å²) < 4.78 is 18.8. The fourth-order valence-corrected chi connectivity index (χ4v) is 1.91. The molecule has 0 N–H and O–H groups in total. The van der Waals surface area contributed by atoms with Crippen LogP contribution in [-0.2, 0) is 4.74 Å². The largest absolute Gasteiger partial charge is 0.465 e. The van der Waals surface area contributed by atoms with Crippen LogP contribution in [0.4, 0.5) is 4.39 Å². The van der Waals surface area contributed by atoms with Gasteiger partial charge in [-0.05, 0) is 17.7 Å². The molecule has 0 aliphatic heterocycles. The Bertz CT molecular complexity index is 582. The molecule has 2 aromatic rings. The van der Waals surface area contributed by atoms with E-state index < -0.39 is 11.8 Å². The molecule has 4 heteroatoms. The number of carbonyl (C=O) groups is 1. The van der Waals surface area contributed by atoms with Gasteiger partial charge in [0.25, 0.3) is 0 Å². The first kappa shape index (κ1) is 12.6. The lowest BCUT2D eigenvalue weighted by Gasteiger charge is -2.09. The van der Waals surface area contributed by atoms with Crippen molar-refractivity contribution in [3.63, 3.8) is 0 Å². The van der Waals surface area contributed by atoms with Gasteiger partial charge in [-0.3, -0.25) is 0 Å². The predicted octanol–water partition coefficient (Wildman–Crippen LogP) is 3.93. The first-order chi connectivity index (χ1) is 8.65. The van der Waals surface area contributed by atoms with E-state index in [-0.39, 0.29) is 10.6 Å². The zero-order valence-corrected chi connectivity index (χ0v) is 10.4. The van der Waals surface area contributed by atoms with Crippen LogP contribution in [0, 0.1) is 5.82 Å². The normalized spacial score (nSPS) is 10.2. The lowest BCUT2D eigenvalue weighted by molar-refractivity contribution is 0.0596. The molecule has 0 aromatic heterocycles.